The van der Waals surface area contributed by atoms with E-state index in [1.807, 2.05) is 18.2 Å². The Bertz CT molecular complexity index is 1350. The van der Waals surface area contributed by atoms with Crippen molar-refractivity contribution < 1.29 is 59.6 Å². The number of rotatable bonds is 18. The number of aromatic hydroxyl groups is 2. The first kappa shape index (κ1) is 39.7. The molecule has 0 spiro atoms. The lowest BCUT2D eigenvalue weighted by Crippen LogP contribution is -2.60. The Morgan fingerprint density at radius 1 is 0.833 bits per heavy atom. The van der Waals surface area contributed by atoms with Crippen LogP contribution in [0, 0.1) is 5.92 Å². The van der Waals surface area contributed by atoms with Gasteiger partial charge in [0.25, 0.3) is 0 Å². The molecule has 0 radical (unpaired) electrons. The Morgan fingerprint density at radius 2 is 1.42 bits per heavy atom. The van der Waals surface area contributed by atoms with Crippen molar-refractivity contribution in [3.8, 4) is 11.5 Å². The summed E-state index contributed by atoms with van der Waals surface area (Å²) < 4.78 is 118. The molecule has 14 heteroatoms. The molecule has 3 rings (SSSR count). The van der Waals surface area contributed by atoms with Crippen LogP contribution in [-0.4, -0.2) is 51.0 Å². The molecular weight excluding hydrogens is 675 g/mol. The Morgan fingerprint density at radius 3 is 2.00 bits per heavy atom. The van der Waals surface area contributed by atoms with Gasteiger partial charge in [-0.3, -0.25) is 4.79 Å². The highest BCUT2D eigenvalue weighted by Gasteiger charge is 2.81. The number of carbonyl (C=O) groups is 1. The average molecular weight is 717 g/mol. The van der Waals surface area contributed by atoms with Crippen LogP contribution < -0.4 is 0 Å². The van der Waals surface area contributed by atoms with Gasteiger partial charge in [0.15, 0.2) is 0 Å². The summed E-state index contributed by atoms with van der Waals surface area (Å²) in [6, 6.07) is 12.7. The summed E-state index contributed by atoms with van der Waals surface area (Å²) in [6.45, 7) is 2.12. The first-order chi connectivity index (χ1) is 22.3. The number of unbranched alkanes of at least 4 members (excludes halogenated alkanes) is 5. The van der Waals surface area contributed by atoms with Crippen molar-refractivity contribution >= 4 is 17.7 Å². The molecule has 0 bridgehead atoms. The van der Waals surface area contributed by atoms with Crippen LogP contribution in [0.5, 0.6) is 11.5 Å². The summed E-state index contributed by atoms with van der Waals surface area (Å²) >= 11 is 1.70. The monoisotopic (exact) mass is 716 g/mol. The van der Waals surface area contributed by atoms with Gasteiger partial charge in [0.05, 0.1) is 5.92 Å². The van der Waals surface area contributed by atoms with Crippen LogP contribution in [0.15, 0.2) is 47.4 Å². The second kappa shape index (κ2) is 15.8. The Balaban J connectivity index is 1.54. The zero-order valence-corrected chi connectivity index (χ0v) is 27.3. The standard InChI is InChI=1S/C34H41F9O4S/c1-2-18-30(23-11-13-24(44)14-12-23)21-48-28-20-25(45)15-16-26(28)27(30)10-8-6-4-3-5-7-9-22(29(46)47)17-19-31(35,36)32(37,38)33(39,40)34(41,42)43/h11-16,20,22,27,44-45H,2-10,17-19,21H2,1H3,(H,46,47). The van der Waals surface area contributed by atoms with Crippen LogP contribution in [-0.2, 0) is 10.2 Å². The minimum absolute atomic E-state index is 0.136. The maximum absolute atomic E-state index is 13.9. The number of hydrogen-bond acceptors (Lipinski definition) is 4. The van der Waals surface area contributed by atoms with E-state index in [9.17, 15) is 59.6 Å². The van der Waals surface area contributed by atoms with E-state index >= 15 is 0 Å². The number of thioether (sulfide) groups is 1. The quantitative estimate of drug-likeness (QED) is 0.106. The molecule has 1 aliphatic heterocycles. The summed E-state index contributed by atoms with van der Waals surface area (Å²) in [4.78, 5) is 12.5. The molecule has 48 heavy (non-hydrogen) atoms. The maximum Gasteiger partial charge on any atom is 0.460 e. The van der Waals surface area contributed by atoms with Gasteiger partial charge in [0.1, 0.15) is 11.5 Å². The van der Waals surface area contributed by atoms with Gasteiger partial charge in [0.2, 0.25) is 0 Å². The summed E-state index contributed by atoms with van der Waals surface area (Å²) in [5.74, 6) is -21.5. The molecule has 3 N–H and O–H groups in total. The molecule has 1 aliphatic rings. The van der Waals surface area contributed by atoms with Crippen LogP contribution in [0.1, 0.15) is 101 Å². The first-order valence-corrected chi connectivity index (χ1v) is 17.0. The second-order valence-corrected chi connectivity index (χ2v) is 13.7. The van der Waals surface area contributed by atoms with E-state index in [-0.39, 0.29) is 35.7 Å². The highest BCUT2D eigenvalue weighted by atomic mass is 32.2. The maximum atomic E-state index is 13.9. The molecule has 2 aromatic carbocycles. The molecular formula is C34H41F9O4S. The molecule has 0 amide bonds. The van der Waals surface area contributed by atoms with Crippen LogP contribution in [0.2, 0.25) is 0 Å². The number of alkyl halides is 9. The van der Waals surface area contributed by atoms with Crippen LogP contribution >= 0.6 is 11.8 Å². The number of phenols is 2. The molecule has 0 saturated carbocycles. The summed E-state index contributed by atoms with van der Waals surface area (Å²) in [6.07, 6.45) is -3.99. The third-order valence-corrected chi connectivity index (χ3v) is 10.6. The number of carboxylic acids is 1. The van der Waals surface area contributed by atoms with E-state index in [0.717, 1.165) is 60.3 Å². The summed E-state index contributed by atoms with van der Waals surface area (Å²) in [5.41, 5.74) is 2.07. The second-order valence-electron chi connectivity index (χ2n) is 12.6. The smallest absolute Gasteiger partial charge is 0.460 e. The number of phenolic OH excluding ortho intramolecular Hbond substituents is 2. The van der Waals surface area contributed by atoms with Crippen molar-refractivity contribution in [3.05, 3.63) is 53.6 Å². The van der Waals surface area contributed by atoms with Gasteiger partial charge in [-0.2, -0.15) is 39.5 Å². The highest BCUT2D eigenvalue weighted by molar-refractivity contribution is 7.99. The van der Waals surface area contributed by atoms with E-state index in [1.165, 1.54) is 0 Å². The van der Waals surface area contributed by atoms with Gasteiger partial charge in [-0.15, -0.1) is 11.8 Å². The van der Waals surface area contributed by atoms with Crippen molar-refractivity contribution in [2.24, 2.45) is 5.92 Å². The van der Waals surface area contributed by atoms with Crippen LogP contribution in [0.4, 0.5) is 39.5 Å². The number of hydrogen-bond donors (Lipinski definition) is 3. The molecule has 2 aromatic rings. The SMILES string of the molecule is CCCC1(c2ccc(O)cc2)CSc2cc(O)ccc2C1CCCCCCCCC(CCC(F)(F)C(F)(F)C(F)(F)C(F)(F)F)C(=O)O. The van der Waals surface area contributed by atoms with Gasteiger partial charge >= 0.3 is 29.9 Å². The fraction of sp³-hybridized carbons (Fsp3) is 0.618. The first-order valence-electron chi connectivity index (χ1n) is 16.0. The van der Waals surface area contributed by atoms with Crippen molar-refractivity contribution in [1.82, 2.24) is 0 Å². The molecule has 4 nitrogen and oxygen atoms in total. The molecule has 0 aliphatic carbocycles. The number of fused-ring (bicyclic) bond motifs is 1. The van der Waals surface area contributed by atoms with E-state index in [4.69, 9.17) is 0 Å². The predicted molar refractivity (Wildman–Crippen MR) is 164 cm³/mol. The number of aliphatic carboxylic acids is 1. The lowest BCUT2D eigenvalue weighted by Gasteiger charge is -2.46. The fourth-order valence-corrected chi connectivity index (χ4v) is 8.15. The topological polar surface area (TPSA) is 77.8 Å². The Labute approximate surface area is 278 Å². The van der Waals surface area contributed by atoms with Gasteiger partial charge < -0.3 is 15.3 Å². The molecule has 0 saturated heterocycles. The fourth-order valence-electron chi connectivity index (χ4n) is 6.65. The van der Waals surface area contributed by atoms with E-state index in [2.05, 4.69) is 6.92 Å². The van der Waals surface area contributed by atoms with Crippen molar-refractivity contribution in [1.29, 1.82) is 0 Å². The molecule has 1 heterocycles. The Hall–Kier alpha value is -2.77. The summed E-state index contributed by atoms with van der Waals surface area (Å²) in [7, 11) is 0. The lowest BCUT2D eigenvalue weighted by molar-refractivity contribution is -0.396. The van der Waals surface area contributed by atoms with Gasteiger partial charge in [-0.1, -0.05) is 70.1 Å². The van der Waals surface area contributed by atoms with Crippen molar-refractivity contribution in [2.75, 3.05) is 5.75 Å². The van der Waals surface area contributed by atoms with Gasteiger partial charge in [0, 0.05) is 22.5 Å². The highest BCUT2D eigenvalue weighted by Crippen LogP contribution is 2.56. The van der Waals surface area contributed by atoms with Crippen LogP contribution in [0.3, 0.4) is 0 Å². The number of halogens is 9. The van der Waals surface area contributed by atoms with E-state index < -0.39 is 48.7 Å². The molecule has 3 unspecified atom stereocenters. The van der Waals surface area contributed by atoms with Crippen LogP contribution in [0.25, 0.3) is 0 Å². The van der Waals surface area contributed by atoms with E-state index in [1.54, 1.807) is 36.0 Å². The van der Waals surface area contributed by atoms with Crippen molar-refractivity contribution in [3.63, 3.8) is 0 Å². The zero-order chi connectivity index (χ0) is 36.0. The van der Waals surface area contributed by atoms with Gasteiger partial charge in [-0.25, -0.2) is 0 Å². The Kier molecular flexibility index (Phi) is 13.1. The largest absolute Gasteiger partial charge is 0.508 e. The third kappa shape index (κ3) is 8.68. The van der Waals surface area contributed by atoms with Gasteiger partial charge in [-0.05, 0) is 67.0 Å². The lowest BCUT2D eigenvalue weighted by atomic mass is 9.64. The summed E-state index contributed by atoms with van der Waals surface area (Å²) in [5, 5.41) is 29.3. The van der Waals surface area contributed by atoms with E-state index in [0.29, 0.717) is 12.8 Å². The molecule has 3 atom stereocenters. The normalized spacial score (nSPS) is 19.6. The number of benzene rings is 2. The number of carboxylic acid groups (broad SMARTS) is 1. The minimum atomic E-state index is -6.99. The minimum Gasteiger partial charge on any atom is -0.508 e. The molecule has 270 valence electrons. The van der Waals surface area contributed by atoms with Crippen molar-refractivity contribution in [2.45, 2.75) is 124 Å². The third-order valence-electron chi connectivity index (χ3n) is 9.32. The predicted octanol–water partition coefficient (Wildman–Crippen LogP) is 11.1. The average Bonchev–Trinajstić information content (AvgIpc) is 3.00. The zero-order valence-electron chi connectivity index (χ0n) is 26.4. The molecule has 0 fully saturated rings. The molecule has 0 aromatic heterocycles.